The quantitative estimate of drug-likeness (QED) is 0.583. The Hall–Kier alpha value is 0.350. The predicted octanol–water partition coefficient (Wildman–Crippen LogP) is 3.48. The van der Waals surface area contributed by atoms with Crippen LogP contribution in [-0.4, -0.2) is 4.75 Å². The van der Waals surface area contributed by atoms with E-state index in [1.807, 2.05) is 11.8 Å². The van der Waals surface area contributed by atoms with Crippen molar-refractivity contribution >= 4 is 11.8 Å². The summed E-state index contributed by atoms with van der Waals surface area (Å²) in [6.07, 6.45) is 2.52. The van der Waals surface area contributed by atoms with Crippen LogP contribution in [0.1, 0.15) is 40.5 Å². The van der Waals surface area contributed by atoms with Crippen molar-refractivity contribution in [1.82, 2.24) is 0 Å². The van der Waals surface area contributed by atoms with E-state index in [1.165, 1.54) is 12.8 Å². The van der Waals surface area contributed by atoms with Crippen LogP contribution in [-0.2, 0) is 0 Å². The summed E-state index contributed by atoms with van der Waals surface area (Å²) in [5.41, 5.74) is 0. The maximum Gasteiger partial charge on any atom is 0.0141 e. The summed E-state index contributed by atoms with van der Waals surface area (Å²) in [6, 6.07) is 0. The molecule has 0 aromatic heterocycles. The molecule has 0 unspecified atom stereocenters. The topological polar surface area (TPSA) is 0 Å². The molecule has 1 heteroatoms. The Balaban J connectivity index is 3.62. The molecule has 0 saturated heterocycles. The van der Waals surface area contributed by atoms with Crippen LogP contribution < -0.4 is 0 Å². The Morgan fingerprint density at radius 2 is 1.78 bits per heavy atom. The van der Waals surface area contributed by atoms with Crippen LogP contribution in [0, 0.1) is 5.75 Å². The van der Waals surface area contributed by atoms with E-state index < -0.39 is 0 Å². The first kappa shape index (κ1) is 9.35. The van der Waals surface area contributed by atoms with Gasteiger partial charge in [0.15, 0.2) is 0 Å². The van der Waals surface area contributed by atoms with Crippen LogP contribution in [0.4, 0.5) is 0 Å². The lowest BCUT2D eigenvalue weighted by Gasteiger charge is -2.24. The average Bonchev–Trinajstić information content (AvgIpc) is 1.89. The van der Waals surface area contributed by atoms with E-state index in [4.69, 9.17) is 0 Å². The van der Waals surface area contributed by atoms with Crippen molar-refractivity contribution in [3.8, 4) is 0 Å². The first-order valence-electron chi connectivity index (χ1n) is 3.64. The minimum atomic E-state index is 0.495. The summed E-state index contributed by atoms with van der Waals surface area (Å²) in [4.78, 5) is 0. The third kappa shape index (κ3) is 3.14. The maximum absolute atomic E-state index is 2.32. The second-order valence-electron chi connectivity index (χ2n) is 2.51. The van der Waals surface area contributed by atoms with Gasteiger partial charge in [-0.1, -0.05) is 27.7 Å². The number of rotatable bonds is 4. The van der Waals surface area contributed by atoms with Gasteiger partial charge < -0.3 is 0 Å². The molecule has 0 aromatic carbocycles. The van der Waals surface area contributed by atoms with Crippen molar-refractivity contribution in [2.24, 2.45) is 0 Å². The van der Waals surface area contributed by atoms with E-state index in [1.54, 1.807) is 0 Å². The first-order chi connectivity index (χ1) is 4.18. The maximum atomic E-state index is 2.32. The monoisotopic (exact) mass is 145 g/mol. The van der Waals surface area contributed by atoms with Crippen molar-refractivity contribution in [2.45, 2.75) is 45.3 Å². The molecule has 0 amide bonds. The van der Waals surface area contributed by atoms with Crippen LogP contribution in [0.2, 0.25) is 0 Å². The molecule has 0 aliphatic heterocycles. The fourth-order valence-electron chi connectivity index (χ4n) is 0.701. The van der Waals surface area contributed by atoms with Gasteiger partial charge in [-0.05, 0) is 12.8 Å². The molecular formula is C8H17S. The highest BCUT2D eigenvalue weighted by Gasteiger charge is 2.18. The van der Waals surface area contributed by atoms with Crippen LogP contribution in [0.5, 0.6) is 0 Å². The Morgan fingerprint density at radius 1 is 1.33 bits per heavy atom. The van der Waals surface area contributed by atoms with E-state index in [2.05, 4.69) is 33.4 Å². The molecule has 9 heavy (non-hydrogen) atoms. The van der Waals surface area contributed by atoms with Crippen molar-refractivity contribution in [1.29, 1.82) is 0 Å². The van der Waals surface area contributed by atoms with Gasteiger partial charge in [-0.25, -0.2) is 0 Å². The van der Waals surface area contributed by atoms with E-state index in [0.717, 1.165) is 0 Å². The zero-order valence-corrected chi connectivity index (χ0v) is 7.72. The Morgan fingerprint density at radius 3 is 1.89 bits per heavy atom. The molecule has 0 spiro atoms. The third-order valence-electron chi connectivity index (χ3n) is 1.90. The summed E-state index contributed by atoms with van der Waals surface area (Å²) in [5, 5.41) is 0. The van der Waals surface area contributed by atoms with Crippen LogP contribution in [0.15, 0.2) is 0 Å². The second-order valence-corrected chi connectivity index (χ2v) is 4.20. The highest BCUT2D eigenvalue weighted by Crippen LogP contribution is 2.32. The summed E-state index contributed by atoms with van der Waals surface area (Å²) in [7, 11) is 0. The van der Waals surface area contributed by atoms with Crippen LogP contribution >= 0.6 is 11.8 Å². The van der Waals surface area contributed by atoms with Crippen molar-refractivity contribution in [2.75, 3.05) is 0 Å². The molecule has 55 valence electrons. The molecule has 1 radical (unpaired) electrons. The second kappa shape index (κ2) is 4.21. The minimum Gasteiger partial charge on any atom is -0.151 e. The molecule has 0 atom stereocenters. The average molecular weight is 145 g/mol. The normalized spacial score (nSPS) is 12.0. The molecular weight excluding hydrogens is 128 g/mol. The standard InChI is InChI=1S/C8H17S/c1-5-8(4,6-2)9-7-3/h7H,5-6H2,1-4H3. The number of hydrogen-bond donors (Lipinski definition) is 0. The lowest BCUT2D eigenvalue weighted by molar-refractivity contribution is 0.601. The number of thioether (sulfide) groups is 1. The molecule has 0 saturated carbocycles. The summed E-state index contributed by atoms with van der Waals surface area (Å²) in [5.74, 6) is 2.19. The van der Waals surface area contributed by atoms with Gasteiger partial charge in [0.25, 0.3) is 0 Å². The minimum absolute atomic E-state index is 0.495. The fourth-order valence-corrected chi connectivity index (χ4v) is 1.60. The van der Waals surface area contributed by atoms with Crippen LogP contribution in [0.25, 0.3) is 0 Å². The molecule has 0 N–H and O–H groups in total. The van der Waals surface area contributed by atoms with E-state index >= 15 is 0 Å². The van der Waals surface area contributed by atoms with Gasteiger partial charge in [-0.3, -0.25) is 0 Å². The highest BCUT2D eigenvalue weighted by molar-refractivity contribution is 8.02. The molecule has 0 aliphatic rings. The van der Waals surface area contributed by atoms with Gasteiger partial charge in [0.05, 0.1) is 0 Å². The van der Waals surface area contributed by atoms with Gasteiger partial charge in [0.2, 0.25) is 0 Å². The molecule has 0 nitrogen and oxygen atoms in total. The molecule has 0 heterocycles. The molecule has 0 rings (SSSR count). The van der Waals surface area contributed by atoms with Gasteiger partial charge in [-0.15, -0.1) is 0 Å². The Labute approximate surface area is 63.4 Å². The van der Waals surface area contributed by atoms with Crippen molar-refractivity contribution < 1.29 is 0 Å². The lowest BCUT2D eigenvalue weighted by atomic mass is 10.1. The smallest absolute Gasteiger partial charge is 0.0141 e. The third-order valence-corrected chi connectivity index (χ3v) is 3.28. The van der Waals surface area contributed by atoms with E-state index in [0.29, 0.717) is 4.75 Å². The summed E-state index contributed by atoms with van der Waals surface area (Å²) in [6.45, 7) is 8.92. The first-order valence-corrected chi connectivity index (χ1v) is 4.52. The number of hydrogen-bond acceptors (Lipinski definition) is 1. The molecule has 0 aromatic rings. The lowest BCUT2D eigenvalue weighted by Crippen LogP contribution is -2.16. The highest BCUT2D eigenvalue weighted by atomic mass is 32.2. The predicted molar refractivity (Wildman–Crippen MR) is 46.6 cm³/mol. The van der Waals surface area contributed by atoms with E-state index in [9.17, 15) is 0 Å². The SMILES string of the molecule is C[CH]SC(C)(CC)CC. The summed E-state index contributed by atoms with van der Waals surface area (Å²) >= 11 is 1.95. The molecule has 0 fully saturated rings. The zero-order chi connectivity index (χ0) is 7.33. The van der Waals surface area contributed by atoms with Gasteiger partial charge in [-0.2, -0.15) is 11.8 Å². The fraction of sp³-hybridized carbons (Fsp3) is 0.875. The molecule has 0 bridgehead atoms. The van der Waals surface area contributed by atoms with E-state index in [-0.39, 0.29) is 0 Å². The Kier molecular flexibility index (Phi) is 4.37. The summed E-state index contributed by atoms with van der Waals surface area (Å²) < 4.78 is 0.495. The van der Waals surface area contributed by atoms with Crippen molar-refractivity contribution in [3.63, 3.8) is 0 Å². The molecule has 0 aliphatic carbocycles. The van der Waals surface area contributed by atoms with Crippen LogP contribution in [0.3, 0.4) is 0 Å². The van der Waals surface area contributed by atoms with Gasteiger partial charge in [0, 0.05) is 10.5 Å². The van der Waals surface area contributed by atoms with Gasteiger partial charge in [0.1, 0.15) is 0 Å². The van der Waals surface area contributed by atoms with Gasteiger partial charge >= 0.3 is 0 Å². The Bertz CT molecular complexity index is 65.0. The largest absolute Gasteiger partial charge is 0.151 e. The zero-order valence-electron chi connectivity index (χ0n) is 6.90. The van der Waals surface area contributed by atoms with Crippen molar-refractivity contribution in [3.05, 3.63) is 5.75 Å².